The van der Waals surface area contributed by atoms with Crippen LogP contribution in [0.2, 0.25) is 0 Å². The van der Waals surface area contributed by atoms with E-state index in [4.69, 9.17) is 4.74 Å². The van der Waals surface area contributed by atoms with Crippen LogP contribution in [0.5, 0.6) is 5.75 Å². The number of amides is 1. The minimum Gasteiger partial charge on any atom is -0.426 e. The first-order valence-corrected chi connectivity index (χ1v) is 10.1. The Morgan fingerprint density at radius 3 is 2.20 bits per heavy atom. The Bertz CT molecular complexity index is 1060. The van der Waals surface area contributed by atoms with Gasteiger partial charge in [0.25, 0.3) is 0 Å². The molecule has 0 unspecified atom stereocenters. The molecule has 5 nitrogen and oxygen atoms in total. The third-order valence-electron chi connectivity index (χ3n) is 5.03. The summed E-state index contributed by atoms with van der Waals surface area (Å²) < 4.78 is 5.56. The fourth-order valence-electron chi connectivity index (χ4n) is 3.41. The van der Waals surface area contributed by atoms with Gasteiger partial charge in [-0.25, -0.2) is 0 Å². The quantitative estimate of drug-likeness (QED) is 0.478. The number of fused-ring (bicyclic) bond motifs is 1. The number of rotatable bonds is 6. The highest BCUT2D eigenvalue weighted by Gasteiger charge is 2.25. The SMILES string of the molecule is CC(=O)Oc1ccc2ccccc2c1[C@@H](NC(=O)C(C)C)c1ccc(N(C)C)cc1. The molecule has 5 heteroatoms. The van der Waals surface area contributed by atoms with Crippen molar-refractivity contribution in [3.63, 3.8) is 0 Å². The molecule has 30 heavy (non-hydrogen) atoms. The molecule has 0 fully saturated rings. The molecule has 0 aliphatic heterocycles. The zero-order valence-corrected chi connectivity index (χ0v) is 18.1. The molecule has 3 aromatic carbocycles. The Balaban J connectivity index is 2.23. The van der Waals surface area contributed by atoms with E-state index in [0.29, 0.717) is 5.75 Å². The molecule has 1 atom stereocenters. The van der Waals surface area contributed by atoms with E-state index in [0.717, 1.165) is 27.6 Å². The van der Waals surface area contributed by atoms with Crippen molar-refractivity contribution in [3.05, 3.63) is 71.8 Å². The summed E-state index contributed by atoms with van der Waals surface area (Å²) in [6, 6.07) is 19.2. The summed E-state index contributed by atoms with van der Waals surface area (Å²) in [4.78, 5) is 26.5. The molecule has 0 bridgehead atoms. The van der Waals surface area contributed by atoms with E-state index in [-0.39, 0.29) is 11.8 Å². The average Bonchev–Trinajstić information content (AvgIpc) is 2.71. The largest absolute Gasteiger partial charge is 0.426 e. The van der Waals surface area contributed by atoms with Crippen LogP contribution in [-0.2, 0) is 9.59 Å². The molecule has 3 rings (SSSR count). The van der Waals surface area contributed by atoms with Crippen molar-refractivity contribution in [2.24, 2.45) is 5.92 Å². The molecule has 0 radical (unpaired) electrons. The lowest BCUT2D eigenvalue weighted by molar-refractivity contribution is -0.131. The molecule has 0 saturated carbocycles. The number of hydrogen-bond donors (Lipinski definition) is 1. The minimum absolute atomic E-state index is 0.0709. The zero-order valence-electron chi connectivity index (χ0n) is 18.1. The number of nitrogens with one attached hydrogen (secondary N) is 1. The molecule has 0 spiro atoms. The van der Waals surface area contributed by atoms with Gasteiger partial charge in [-0.15, -0.1) is 0 Å². The Morgan fingerprint density at radius 1 is 0.933 bits per heavy atom. The Hall–Kier alpha value is -3.34. The molecule has 0 saturated heterocycles. The second-order valence-corrected chi connectivity index (χ2v) is 7.87. The smallest absolute Gasteiger partial charge is 0.308 e. The monoisotopic (exact) mass is 404 g/mol. The van der Waals surface area contributed by atoms with Crippen LogP contribution in [-0.4, -0.2) is 26.0 Å². The lowest BCUT2D eigenvalue weighted by Gasteiger charge is -2.25. The highest BCUT2D eigenvalue weighted by molar-refractivity contribution is 5.90. The summed E-state index contributed by atoms with van der Waals surface area (Å²) in [5, 5.41) is 5.10. The van der Waals surface area contributed by atoms with E-state index in [1.54, 1.807) is 6.07 Å². The molecular formula is C25H28N2O3. The number of anilines is 1. The molecule has 0 aliphatic rings. The number of benzene rings is 3. The predicted octanol–water partition coefficient (Wildman–Crippen LogP) is 4.69. The van der Waals surface area contributed by atoms with E-state index in [9.17, 15) is 9.59 Å². The lowest BCUT2D eigenvalue weighted by atomic mass is 9.92. The standard InChI is InChI=1S/C25H28N2O3/c1-16(2)25(29)26-24(19-10-13-20(14-11-19)27(4)5)23-21-9-7-6-8-18(21)12-15-22(23)30-17(3)28/h6-16,24H,1-5H3,(H,26,29)/t24-/m0/s1. The van der Waals surface area contributed by atoms with Gasteiger partial charge in [0, 0.05) is 38.2 Å². The van der Waals surface area contributed by atoms with Crippen LogP contribution in [0.3, 0.4) is 0 Å². The van der Waals surface area contributed by atoms with E-state index >= 15 is 0 Å². The van der Waals surface area contributed by atoms with Gasteiger partial charge < -0.3 is 15.0 Å². The first-order valence-electron chi connectivity index (χ1n) is 10.1. The second-order valence-electron chi connectivity index (χ2n) is 7.87. The van der Waals surface area contributed by atoms with Gasteiger partial charge in [0.1, 0.15) is 5.75 Å². The molecular weight excluding hydrogens is 376 g/mol. The van der Waals surface area contributed by atoms with Crippen LogP contribution >= 0.6 is 0 Å². The number of carbonyl (C=O) groups is 2. The van der Waals surface area contributed by atoms with Crippen molar-refractivity contribution < 1.29 is 14.3 Å². The van der Waals surface area contributed by atoms with Gasteiger partial charge in [0.15, 0.2) is 0 Å². The summed E-state index contributed by atoms with van der Waals surface area (Å²) in [5.41, 5.74) is 2.75. The molecule has 156 valence electrons. The van der Waals surface area contributed by atoms with Crippen molar-refractivity contribution in [1.82, 2.24) is 5.32 Å². The number of esters is 1. The first kappa shape index (κ1) is 21.4. The lowest BCUT2D eigenvalue weighted by Crippen LogP contribution is -2.33. The van der Waals surface area contributed by atoms with Crippen molar-refractivity contribution in [3.8, 4) is 5.75 Å². The van der Waals surface area contributed by atoms with Crippen LogP contribution in [0.25, 0.3) is 10.8 Å². The molecule has 0 aliphatic carbocycles. The maximum atomic E-state index is 12.7. The third kappa shape index (κ3) is 4.62. The van der Waals surface area contributed by atoms with Crippen LogP contribution in [0, 0.1) is 5.92 Å². The Morgan fingerprint density at radius 2 is 1.60 bits per heavy atom. The molecule has 0 aromatic heterocycles. The van der Waals surface area contributed by atoms with E-state index in [1.807, 2.05) is 87.4 Å². The fourth-order valence-corrected chi connectivity index (χ4v) is 3.41. The first-order chi connectivity index (χ1) is 14.3. The average molecular weight is 405 g/mol. The van der Waals surface area contributed by atoms with Gasteiger partial charge in [0.05, 0.1) is 6.04 Å². The van der Waals surface area contributed by atoms with Gasteiger partial charge in [-0.1, -0.05) is 56.3 Å². The van der Waals surface area contributed by atoms with Gasteiger partial charge in [0.2, 0.25) is 5.91 Å². The zero-order chi connectivity index (χ0) is 21.8. The Labute approximate surface area is 177 Å². The molecule has 3 aromatic rings. The van der Waals surface area contributed by atoms with Gasteiger partial charge >= 0.3 is 5.97 Å². The van der Waals surface area contributed by atoms with Crippen LogP contribution < -0.4 is 15.0 Å². The molecule has 0 heterocycles. The summed E-state index contributed by atoms with van der Waals surface area (Å²) in [7, 11) is 3.97. The summed E-state index contributed by atoms with van der Waals surface area (Å²) >= 11 is 0. The third-order valence-corrected chi connectivity index (χ3v) is 5.03. The maximum Gasteiger partial charge on any atom is 0.308 e. The van der Waals surface area contributed by atoms with Crippen molar-refractivity contribution in [2.45, 2.75) is 26.8 Å². The van der Waals surface area contributed by atoms with Crippen LogP contribution in [0.15, 0.2) is 60.7 Å². The Kier molecular flexibility index (Phi) is 6.40. The second kappa shape index (κ2) is 8.99. The van der Waals surface area contributed by atoms with E-state index < -0.39 is 12.0 Å². The summed E-state index contributed by atoms with van der Waals surface area (Å²) in [6.45, 7) is 5.10. The van der Waals surface area contributed by atoms with Gasteiger partial charge in [-0.2, -0.15) is 0 Å². The number of hydrogen-bond acceptors (Lipinski definition) is 4. The molecule has 1 N–H and O–H groups in total. The summed E-state index contributed by atoms with van der Waals surface area (Å²) in [5.74, 6) is -0.200. The predicted molar refractivity (Wildman–Crippen MR) is 121 cm³/mol. The van der Waals surface area contributed by atoms with Crippen molar-refractivity contribution in [1.29, 1.82) is 0 Å². The topological polar surface area (TPSA) is 58.6 Å². The van der Waals surface area contributed by atoms with Crippen LogP contribution in [0.4, 0.5) is 5.69 Å². The minimum atomic E-state index is -0.462. The van der Waals surface area contributed by atoms with Gasteiger partial charge in [-0.05, 0) is 34.5 Å². The van der Waals surface area contributed by atoms with E-state index in [1.165, 1.54) is 6.92 Å². The summed E-state index contributed by atoms with van der Waals surface area (Å²) in [6.07, 6.45) is 0. The van der Waals surface area contributed by atoms with Crippen LogP contribution in [0.1, 0.15) is 37.9 Å². The highest BCUT2D eigenvalue weighted by atomic mass is 16.5. The fraction of sp³-hybridized carbons (Fsp3) is 0.280. The number of ether oxygens (including phenoxy) is 1. The molecule has 1 amide bonds. The van der Waals surface area contributed by atoms with Crippen molar-refractivity contribution in [2.75, 3.05) is 19.0 Å². The van der Waals surface area contributed by atoms with Crippen molar-refractivity contribution >= 4 is 28.3 Å². The number of nitrogens with zero attached hydrogens (tertiary/aromatic N) is 1. The van der Waals surface area contributed by atoms with Gasteiger partial charge in [-0.3, -0.25) is 9.59 Å². The maximum absolute atomic E-state index is 12.7. The number of carbonyl (C=O) groups excluding carboxylic acids is 2. The van der Waals surface area contributed by atoms with E-state index in [2.05, 4.69) is 5.32 Å². The normalized spacial score (nSPS) is 11.9. The highest BCUT2D eigenvalue weighted by Crippen LogP contribution is 2.37.